The molecule has 0 aliphatic heterocycles. The van der Waals surface area contributed by atoms with Crippen molar-refractivity contribution in [3.05, 3.63) is 30.0 Å². The van der Waals surface area contributed by atoms with E-state index in [1.807, 2.05) is 23.9 Å². The second kappa shape index (κ2) is 4.59. The van der Waals surface area contributed by atoms with Crippen molar-refractivity contribution in [2.45, 2.75) is 38.2 Å². The predicted octanol–water partition coefficient (Wildman–Crippen LogP) is 3.43. The summed E-state index contributed by atoms with van der Waals surface area (Å²) in [6.07, 6.45) is 6.01. The second-order valence-electron chi connectivity index (χ2n) is 6.71. The van der Waals surface area contributed by atoms with Gasteiger partial charge in [-0.1, -0.05) is 24.6 Å². The van der Waals surface area contributed by atoms with Crippen LogP contribution in [0.25, 0.3) is 10.9 Å². The van der Waals surface area contributed by atoms with Crippen molar-refractivity contribution in [2.24, 2.45) is 24.8 Å². The van der Waals surface area contributed by atoms with Crippen molar-refractivity contribution >= 4 is 10.9 Å². The number of nitrogens with zero attached hydrogens (tertiary/aromatic N) is 2. The van der Waals surface area contributed by atoms with Crippen LogP contribution >= 0.6 is 0 Å². The van der Waals surface area contributed by atoms with Gasteiger partial charge >= 0.3 is 0 Å². The maximum atomic E-state index is 10.6. The van der Waals surface area contributed by atoms with Gasteiger partial charge in [-0.3, -0.25) is 4.68 Å². The zero-order chi connectivity index (χ0) is 13.7. The lowest BCUT2D eigenvalue weighted by Crippen LogP contribution is -2.14. The Hall–Kier alpha value is -1.35. The van der Waals surface area contributed by atoms with E-state index in [0.29, 0.717) is 5.92 Å². The van der Waals surface area contributed by atoms with Crippen LogP contribution in [0.4, 0.5) is 0 Å². The first kappa shape index (κ1) is 12.4. The molecule has 2 saturated carbocycles. The summed E-state index contributed by atoms with van der Waals surface area (Å²) >= 11 is 0. The van der Waals surface area contributed by atoms with E-state index in [1.54, 1.807) is 0 Å². The Morgan fingerprint density at radius 1 is 1.30 bits per heavy atom. The second-order valence-corrected chi connectivity index (χ2v) is 6.71. The Bertz CT molecular complexity index is 633. The third-order valence-electron chi connectivity index (χ3n) is 5.51. The summed E-state index contributed by atoms with van der Waals surface area (Å²) in [5.74, 6) is 2.52. The first-order chi connectivity index (χ1) is 9.72. The van der Waals surface area contributed by atoms with Crippen LogP contribution in [0.1, 0.15) is 43.9 Å². The van der Waals surface area contributed by atoms with Crippen LogP contribution in [0.2, 0.25) is 0 Å². The van der Waals surface area contributed by atoms with Gasteiger partial charge < -0.3 is 5.11 Å². The lowest BCUT2D eigenvalue weighted by atomic mass is 9.84. The number of benzene rings is 1. The molecule has 1 heterocycles. The van der Waals surface area contributed by atoms with Gasteiger partial charge in [0.25, 0.3) is 0 Å². The molecule has 0 radical (unpaired) electrons. The normalized spacial score (nSPS) is 30.2. The Balaban J connectivity index is 1.59. The number of fused-ring (bicyclic) bond motifs is 3. The molecular formula is C17H22N2O. The van der Waals surface area contributed by atoms with E-state index in [-0.39, 0.29) is 0 Å². The highest BCUT2D eigenvalue weighted by Gasteiger charge is 2.40. The molecular weight excluding hydrogens is 248 g/mol. The molecule has 4 unspecified atom stereocenters. The molecule has 2 aliphatic carbocycles. The largest absolute Gasteiger partial charge is 0.387 e. The first-order valence-corrected chi connectivity index (χ1v) is 7.82. The monoisotopic (exact) mass is 270 g/mol. The van der Waals surface area contributed by atoms with E-state index in [4.69, 9.17) is 0 Å². The van der Waals surface area contributed by atoms with Crippen LogP contribution in [0.3, 0.4) is 0 Å². The standard InChI is InChI=1S/C17H22N2O/c1-19-15-5-3-2-4-14(15)17(18-19)16(20)10-13-9-11-6-7-12(13)8-11/h2-5,11-13,16,20H,6-10H2,1H3. The van der Waals surface area contributed by atoms with Crippen molar-refractivity contribution in [1.29, 1.82) is 0 Å². The molecule has 0 spiro atoms. The molecule has 4 atom stereocenters. The first-order valence-electron chi connectivity index (χ1n) is 7.82. The van der Waals surface area contributed by atoms with Crippen LogP contribution in [-0.2, 0) is 7.05 Å². The Morgan fingerprint density at radius 3 is 2.90 bits per heavy atom. The topological polar surface area (TPSA) is 38.0 Å². The Kier molecular flexibility index (Phi) is 2.84. The number of hydrogen-bond donors (Lipinski definition) is 1. The third kappa shape index (κ3) is 1.87. The predicted molar refractivity (Wildman–Crippen MR) is 79.2 cm³/mol. The molecule has 2 aromatic rings. The van der Waals surface area contributed by atoms with Gasteiger partial charge in [-0.25, -0.2) is 0 Å². The van der Waals surface area contributed by atoms with Gasteiger partial charge in [0.1, 0.15) is 0 Å². The van der Waals surface area contributed by atoms with Crippen LogP contribution in [-0.4, -0.2) is 14.9 Å². The van der Waals surface area contributed by atoms with Crippen molar-refractivity contribution in [3.63, 3.8) is 0 Å². The molecule has 0 amide bonds. The molecule has 106 valence electrons. The summed E-state index contributed by atoms with van der Waals surface area (Å²) in [6, 6.07) is 8.19. The minimum atomic E-state index is -0.412. The number of aryl methyl sites for hydroxylation is 1. The SMILES string of the molecule is Cn1nc(C(O)CC2CC3CCC2C3)c2ccccc21. The summed E-state index contributed by atoms with van der Waals surface area (Å²) in [7, 11) is 1.95. The van der Waals surface area contributed by atoms with Gasteiger partial charge in [-0.05, 0) is 49.5 Å². The van der Waals surface area contributed by atoms with E-state index >= 15 is 0 Å². The molecule has 2 aliphatic rings. The molecule has 1 N–H and O–H groups in total. The lowest BCUT2D eigenvalue weighted by Gasteiger charge is -2.23. The molecule has 20 heavy (non-hydrogen) atoms. The molecule has 1 aromatic carbocycles. The van der Waals surface area contributed by atoms with Gasteiger partial charge in [-0.2, -0.15) is 5.10 Å². The van der Waals surface area contributed by atoms with Crippen molar-refractivity contribution in [2.75, 3.05) is 0 Å². The van der Waals surface area contributed by atoms with Crippen LogP contribution in [0.5, 0.6) is 0 Å². The zero-order valence-corrected chi connectivity index (χ0v) is 12.0. The number of aliphatic hydroxyl groups excluding tert-OH is 1. The molecule has 0 saturated heterocycles. The van der Waals surface area contributed by atoms with Crippen LogP contribution in [0.15, 0.2) is 24.3 Å². The smallest absolute Gasteiger partial charge is 0.0988 e. The highest BCUT2D eigenvalue weighted by molar-refractivity contribution is 5.82. The molecule has 2 fully saturated rings. The fourth-order valence-corrected chi connectivity index (χ4v) is 4.55. The van der Waals surface area contributed by atoms with Gasteiger partial charge in [0.05, 0.1) is 17.3 Å². The van der Waals surface area contributed by atoms with Crippen molar-refractivity contribution < 1.29 is 5.11 Å². The highest BCUT2D eigenvalue weighted by Crippen LogP contribution is 2.51. The summed E-state index contributed by atoms with van der Waals surface area (Å²) < 4.78 is 1.88. The van der Waals surface area contributed by atoms with E-state index in [0.717, 1.165) is 34.9 Å². The average Bonchev–Trinajstić information content (AvgIpc) is 3.14. The minimum absolute atomic E-state index is 0.412. The van der Waals surface area contributed by atoms with E-state index in [1.165, 1.54) is 25.7 Å². The van der Waals surface area contributed by atoms with Gasteiger partial charge in [0.15, 0.2) is 0 Å². The Labute approximate surface area is 119 Å². The average molecular weight is 270 g/mol. The summed E-state index contributed by atoms with van der Waals surface area (Å²) in [5.41, 5.74) is 1.97. The van der Waals surface area contributed by atoms with Crippen molar-refractivity contribution in [3.8, 4) is 0 Å². The Morgan fingerprint density at radius 2 is 2.15 bits per heavy atom. The zero-order valence-electron chi connectivity index (χ0n) is 12.0. The van der Waals surface area contributed by atoms with Crippen LogP contribution in [0, 0.1) is 17.8 Å². The number of aromatic nitrogens is 2. The molecule has 1 aromatic heterocycles. The fraction of sp³-hybridized carbons (Fsp3) is 0.588. The van der Waals surface area contributed by atoms with Gasteiger partial charge in [0, 0.05) is 12.4 Å². The van der Waals surface area contributed by atoms with E-state index < -0.39 is 6.10 Å². The number of rotatable bonds is 3. The number of hydrogen-bond acceptors (Lipinski definition) is 2. The van der Waals surface area contributed by atoms with E-state index in [2.05, 4.69) is 17.2 Å². The van der Waals surface area contributed by atoms with Crippen LogP contribution < -0.4 is 0 Å². The summed E-state index contributed by atoms with van der Waals surface area (Å²) in [5, 5.41) is 16.3. The molecule has 3 nitrogen and oxygen atoms in total. The minimum Gasteiger partial charge on any atom is -0.387 e. The highest BCUT2D eigenvalue weighted by atomic mass is 16.3. The quantitative estimate of drug-likeness (QED) is 0.928. The van der Waals surface area contributed by atoms with E-state index in [9.17, 15) is 5.11 Å². The summed E-state index contributed by atoms with van der Waals surface area (Å²) in [6.45, 7) is 0. The van der Waals surface area contributed by atoms with Gasteiger partial charge in [0.2, 0.25) is 0 Å². The lowest BCUT2D eigenvalue weighted by molar-refractivity contribution is 0.122. The summed E-state index contributed by atoms with van der Waals surface area (Å²) in [4.78, 5) is 0. The molecule has 4 rings (SSSR count). The van der Waals surface area contributed by atoms with Gasteiger partial charge in [-0.15, -0.1) is 0 Å². The maximum absolute atomic E-state index is 10.6. The number of para-hydroxylation sites is 1. The maximum Gasteiger partial charge on any atom is 0.0988 e. The fourth-order valence-electron chi connectivity index (χ4n) is 4.55. The molecule has 2 bridgehead atoms. The van der Waals surface area contributed by atoms with Crippen molar-refractivity contribution in [1.82, 2.24) is 9.78 Å². The third-order valence-corrected chi connectivity index (χ3v) is 5.51. The number of aliphatic hydroxyl groups is 1. The molecule has 3 heteroatoms.